The van der Waals surface area contributed by atoms with Gasteiger partial charge in [-0.25, -0.2) is 0 Å². The number of methoxy groups -OCH3 is 1. The fraction of sp³-hybridized carbons (Fsp3) is 0.533. The summed E-state index contributed by atoms with van der Waals surface area (Å²) in [5.41, 5.74) is 1.23. The van der Waals surface area contributed by atoms with Gasteiger partial charge in [0.25, 0.3) is 0 Å². The van der Waals surface area contributed by atoms with Crippen LogP contribution in [0.2, 0.25) is 0 Å². The van der Waals surface area contributed by atoms with Gasteiger partial charge in [0.1, 0.15) is 0 Å². The van der Waals surface area contributed by atoms with Gasteiger partial charge in [0, 0.05) is 9.49 Å². The smallest absolute Gasteiger partial charge is 0.311 e. The van der Waals surface area contributed by atoms with Crippen molar-refractivity contribution in [3.8, 4) is 0 Å². The second-order valence-corrected chi connectivity index (χ2v) is 6.56. The Kier molecular flexibility index (Phi) is 3.80. The van der Waals surface area contributed by atoms with Crippen LogP contribution in [0, 0.1) is 9.49 Å². The maximum atomic E-state index is 12.1. The van der Waals surface area contributed by atoms with Crippen molar-refractivity contribution in [3.05, 3.63) is 33.4 Å². The zero-order chi connectivity index (χ0) is 13.4. The van der Waals surface area contributed by atoms with Crippen LogP contribution in [0.5, 0.6) is 0 Å². The zero-order valence-corrected chi connectivity index (χ0v) is 13.0. The van der Waals surface area contributed by atoms with Gasteiger partial charge in [0.05, 0.1) is 25.2 Å². The molecule has 2 saturated heterocycles. The average Bonchev–Trinajstić information content (AvgIpc) is 2.80. The van der Waals surface area contributed by atoms with E-state index in [2.05, 4.69) is 46.9 Å². The summed E-state index contributed by atoms with van der Waals surface area (Å²) in [6, 6.07) is 8.46. The molecule has 2 fully saturated rings. The van der Waals surface area contributed by atoms with E-state index < -0.39 is 0 Å². The molecule has 0 radical (unpaired) electrons. The number of fused-ring (bicyclic) bond motifs is 2. The summed E-state index contributed by atoms with van der Waals surface area (Å²) < 4.78 is 12.1. The summed E-state index contributed by atoms with van der Waals surface area (Å²) >= 11 is 2.30. The summed E-state index contributed by atoms with van der Waals surface area (Å²) in [6.45, 7) is 0. The van der Waals surface area contributed by atoms with Crippen molar-refractivity contribution in [2.45, 2.75) is 37.4 Å². The van der Waals surface area contributed by atoms with Crippen LogP contribution in [0.1, 0.15) is 30.7 Å². The number of esters is 1. The van der Waals surface area contributed by atoms with Gasteiger partial charge < -0.3 is 9.47 Å². The molecule has 2 aliphatic heterocycles. The Morgan fingerprint density at radius 3 is 2.74 bits per heavy atom. The molecule has 2 bridgehead atoms. The summed E-state index contributed by atoms with van der Waals surface area (Å²) in [6.07, 6.45) is 3.33. The molecule has 1 aromatic rings. The highest BCUT2D eigenvalue weighted by molar-refractivity contribution is 14.1. The molecule has 102 valence electrons. The summed E-state index contributed by atoms with van der Waals surface area (Å²) in [4.78, 5) is 12.1. The molecule has 2 aliphatic rings. The second-order valence-electron chi connectivity index (χ2n) is 5.32. The summed E-state index contributed by atoms with van der Waals surface area (Å²) in [5.74, 6) is -0.0478. The fourth-order valence-electron chi connectivity index (χ4n) is 3.37. The largest absolute Gasteiger partial charge is 0.469 e. The van der Waals surface area contributed by atoms with E-state index >= 15 is 0 Å². The van der Waals surface area contributed by atoms with Crippen LogP contribution in [0.3, 0.4) is 0 Å². The van der Waals surface area contributed by atoms with E-state index in [9.17, 15) is 4.79 Å². The molecule has 0 saturated carbocycles. The minimum absolute atomic E-state index is 0.0375. The molecule has 0 spiro atoms. The van der Waals surface area contributed by atoms with Crippen LogP contribution in [-0.4, -0.2) is 25.3 Å². The normalized spacial score (nSPS) is 33.2. The van der Waals surface area contributed by atoms with Crippen molar-refractivity contribution < 1.29 is 14.3 Å². The Morgan fingerprint density at radius 2 is 2.05 bits per heavy atom. The molecule has 4 heteroatoms. The molecule has 3 nitrogen and oxygen atoms in total. The van der Waals surface area contributed by atoms with Crippen LogP contribution in [0.15, 0.2) is 24.3 Å². The quantitative estimate of drug-likeness (QED) is 0.591. The maximum absolute atomic E-state index is 12.1. The number of ether oxygens (including phenoxy) is 2. The predicted octanol–water partition coefficient (Wildman–Crippen LogP) is 3.12. The van der Waals surface area contributed by atoms with E-state index in [0.29, 0.717) is 6.10 Å². The fourth-order valence-corrected chi connectivity index (χ4v) is 3.73. The van der Waals surface area contributed by atoms with E-state index in [1.54, 1.807) is 0 Å². The molecule has 3 unspecified atom stereocenters. The van der Waals surface area contributed by atoms with E-state index in [1.807, 2.05) is 0 Å². The van der Waals surface area contributed by atoms with Gasteiger partial charge in [0.15, 0.2) is 0 Å². The molecule has 0 N–H and O–H groups in total. The molecule has 0 aliphatic carbocycles. The lowest BCUT2D eigenvalue weighted by atomic mass is 9.79. The SMILES string of the molecule is COC(=O)C1C(c2ccc(I)cc2)CC2CC[C@@H]1O2. The number of halogens is 1. The Labute approximate surface area is 126 Å². The number of hydrogen-bond donors (Lipinski definition) is 0. The van der Waals surface area contributed by atoms with Gasteiger partial charge in [-0.05, 0) is 59.5 Å². The molecule has 3 rings (SSSR count). The van der Waals surface area contributed by atoms with Gasteiger partial charge in [-0.2, -0.15) is 0 Å². The Bertz CT molecular complexity index is 471. The Balaban J connectivity index is 1.92. The van der Waals surface area contributed by atoms with Gasteiger partial charge in [-0.1, -0.05) is 12.1 Å². The highest BCUT2D eigenvalue weighted by Crippen LogP contribution is 2.45. The molecular weight excluding hydrogens is 355 g/mol. The first-order chi connectivity index (χ1) is 9.19. The summed E-state index contributed by atoms with van der Waals surface area (Å²) in [7, 11) is 1.47. The van der Waals surface area contributed by atoms with Crippen molar-refractivity contribution in [3.63, 3.8) is 0 Å². The van der Waals surface area contributed by atoms with Gasteiger partial charge in [-0.15, -0.1) is 0 Å². The molecule has 4 atom stereocenters. The van der Waals surface area contributed by atoms with Crippen LogP contribution in [0.25, 0.3) is 0 Å². The summed E-state index contributed by atoms with van der Waals surface area (Å²) in [5, 5.41) is 0. The number of hydrogen-bond acceptors (Lipinski definition) is 3. The number of carbonyl (C=O) groups is 1. The highest BCUT2D eigenvalue weighted by Gasteiger charge is 2.47. The molecule has 0 aromatic heterocycles. The molecule has 19 heavy (non-hydrogen) atoms. The zero-order valence-electron chi connectivity index (χ0n) is 10.8. The van der Waals surface area contributed by atoms with Crippen molar-refractivity contribution in [2.24, 2.45) is 5.92 Å². The van der Waals surface area contributed by atoms with Crippen LogP contribution in [0.4, 0.5) is 0 Å². The molecule has 0 amide bonds. The number of rotatable bonds is 2. The van der Waals surface area contributed by atoms with Crippen molar-refractivity contribution in [1.82, 2.24) is 0 Å². The Morgan fingerprint density at radius 1 is 1.32 bits per heavy atom. The predicted molar refractivity (Wildman–Crippen MR) is 79.9 cm³/mol. The molecule has 2 heterocycles. The van der Waals surface area contributed by atoms with Crippen molar-refractivity contribution in [2.75, 3.05) is 7.11 Å². The third-order valence-corrected chi connectivity index (χ3v) is 4.98. The van der Waals surface area contributed by atoms with Crippen LogP contribution < -0.4 is 0 Å². The minimum Gasteiger partial charge on any atom is -0.469 e. The van der Waals surface area contributed by atoms with Crippen LogP contribution >= 0.6 is 22.6 Å². The standard InChI is InChI=1S/C15H17IO3/c1-18-15(17)14-12(8-11-6-7-13(14)19-11)9-2-4-10(16)5-3-9/h2-5,11-14H,6-8H2,1H3/t11?,12?,13-,14?/m0/s1. The topological polar surface area (TPSA) is 35.5 Å². The first-order valence-electron chi connectivity index (χ1n) is 6.68. The maximum Gasteiger partial charge on any atom is 0.311 e. The lowest BCUT2D eigenvalue weighted by molar-refractivity contribution is -0.156. The number of carbonyl (C=O) groups excluding carboxylic acids is 1. The van der Waals surface area contributed by atoms with E-state index in [-0.39, 0.29) is 23.9 Å². The van der Waals surface area contributed by atoms with E-state index in [1.165, 1.54) is 16.2 Å². The first-order valence-corrected chi connectivity index (χ1v) is 7.75. The van der Waals surface area contributed by atoms with E-state index in [4.69, 9.17) is 9.47 Å². The lowest BCUT2D eigenvalue weighted by Crippen LogP contribution is -2.39. The molecular formula is C15H17IO3. The average molecular weight is 372 g/mol. The third-order valence-electron chi connectivity index (χ3n) is 4.26. The second kappa shape index (κ2) is 5.40. The first kappa shape index (κ1) is 13.4. The Hall–Kier alpha value is -0.620. The van der Waals surface area contributed by atoms with Gasteiger partial charge in [-0.3, -0.25) is 4.79 Å². The third kappa shape index (κ3) is 2.52. The van der Waals surface area contributed by atoms with Crippen molar-refractivity contribution >= 4 is 28.6 Å². The minimum atomic E-state index is -0.149. The van der Waals surface area contributed by atoms with Crippen molar-refractivity contribution in [1.29, 1.82) is 0 Å². The van der Waals surface area contributed by atoms with Gasteiger partial charge >= 0.3 is 5.97 Å². The number of benzene rings is 1. The molecule has 1 aromatic carbocycles. The van der Waals surface area contributed by atoms with E-state index in [0.717, 1.165) is 19.3 Å². The lowest BCUT2D eigenvalue weighted by Gasteiger charge is -2.35. The monoisotopic (exact) mass is 372 g/mol. The highest BCUT2D eigenvalue weighted by atomic mass is 127. The van der Waals surface area contributed by atoms with Gasteiger partial charge in [0.2, 0.25) is 0 Å². The van der Waals surface area contributed by atoms with Crippen LogP contribution in [-0.2, 0) is 14.3 Å².